The lowest BCUT2D eigenvalue weighted by molar-refractivity contribution is 0.629. The van der Waals surface area contributed by atoms with E-state index in [1.165, 1.54) is 18.5 Å². The van der Waals surface area contributed by atoms with Crippen LogP contribution in [0.3, 0.4) is 0 Å². The zero-order valence-corrected chi connectivity index (χ0v) is 14.5. The fourth-order valence-electron chi connectivity index (χ4n) is 3.54. The summed E-state index contributed by atoms with van der Waals surface area (Å²) in [6, 6.07) is 6.51. The summed E-state index contributed by atoms with van der Waals surface area (Å²) >= 11 is 0. The van der Waals surface area contributed by atoms with Gasteiger partial charge in [-0.25, -0.2) is 9.37 Å². The van der Waals surface area contributed by atoms with E-state index >= 15 is 0 Å². The van der Waals surface area contributed by atoms with E-state index in [-0.39, 0.29) is 11.4 Å². The highest BCUT2D eigenvalue weighted by Crippen LogP contribution is 2.20. The Morgan fingerprint density at radius 3 is 3.04 bits per heavy atom. The minimum atomic E-state index is -0.273. The minimum absolute atomic E-state index is 0.124. The molecule has 0 amide bonds. The number of aryl methyl sites for hydroxylation is 3. The molecule has 1 N–H and O–H groups in total. The van der Waals surface area contributed by atoms with Crippen LogP contribution in [0.25, 0.3) is 27.6 Å². The van der Waals surface area contributed by atoms with E-state index in [1.54, 1.807) is 28.3 Å². The quantitative estimate of drug-likeness (QED) is 0.535. The predicted octanol–water partition coefficient (Wildman–Crippen LogP) is 2.61. The molecular weight excluding hydrogens is 347 g/mol. The number of rotatable bonds is 3. The molecule has 0 aliphatic rings. The van der Waals surface area contributed by atoms with E-state index in [9.17, 15) is 9.18 Å². The van der Waals surface area contributed by atoms with E-state index in [0.717, 1.165) is 16.5 Å². The van der Waals surface area contributed by atoms with E-state index in [0.29, 0.717) is 35.3 Å². The molecule has 0 spiro atoms. The van der Waals surface area contributed by atoms with Crippen molar-refractivity contribution in [2.24, 2.45) is 0 Å². The summed E-state index contributed by atoms with van der Waals surface area (Å²) < 4.78 is 16.8. The van der Waals surface area contributed by atoms with Gasteiger partial charge >= 0.3 is 0 Å². The number of nitrogens with one attached hydrogen (secondary N) is 1. The van der Waals surface area contributed by atoms with Crippen molar-refractivity contribution in [1.82, 2.24) is 29.1 Å². The molecule has 0 saturated heterocycles. The third kappa shape index (κ3) is 2.41. The van der Waals surface area contributed by atoms with E-state index in [1.807, 2.05) is 12.3 Å². The molecule has 4 aromatic heterocycles. The van der Waals surface area contributed by atoms with Gasteiger partial charge in [-0.3, -0.25) is 4.79 Å². The Bertz CT molecular complexity index is 1380. The molecule has 0 unspecified atom stereocenters. The first kappa shape index (κ1) is 15.7. The smallest absolute Gasteiger partial charge is 0.261 e. The van der Waals surface area contributed by atoms with Crippen LogP contribution in [-0.4, -0.2) is 29.1 Å². The van der Waals surface area contributed by atoms with E-state index < -0.39 is 0 Å². The fourth-order valence-corrected chi connectivity index (χ4v) is 3.54. The van der Waals surface area contributed by atoms with Gasteiger partial charge in [-0.2, -0.15) is 14.6 Å². The molecule has 0 bridgehead atoms. The molecule has 5 rings (SSSR count). The molecule has 5 aromatic rings. The molecule has 134 valence electrons. The fraction of sp³-hybridized carbons (Fsp3) is 0.158. The topological polar surface area (TPSA) is 80.9 Å². The lowest BCUT2D eigenvalue weighted by Crippen LogP contribution is -2.22. The Hall–Kier alpha value is -3.55. The summed E-state index contributed by atoms with van der Waals surface area (Å²) in [4.78, 5) is 24.6. The number of nitrogens with zero attached hydrogens (tertiary/aromatic N) is 5. The zero-order chi connectivity index (χ0) is 18.5. The highest BCUT2D eigenvalue weighted by Gasteiger charge is 2.13. The van der Waals surface area contributed by atoms with Gasteiger partial charge in [0.25, 0.3) is 11.3 Å². The predicted molar refractivity (Wildman–Crippen MR) is 99.2 cm³/mol. The molecule has 0 atom stereocenters. The SMILES string of the molecule is Cc1nc2ncnn2c2ccn(CCc3c[nH]c4ccc(F)cc34)c(=O)c12. The Labute approximate surface area is 152 Å². The van der Waals surface area contributed by atoms with E-state index in [2.05, 4.69) is 20.1 Å². The van der Waals surface area contributed by atoms with Crippen LogP contribution >= 0.6 is 0 Å². The molecule has 1 aromatic carbocycles. The second-order valence-corrected chi connectivity index (χ2v) is 6.50. The molecule has 8 heteroatoms. The molecule has 0 saturated carbocycles. The van der Waals surface area contributed by atoms with Crippen molar-refractivity contribution in [3.63, 3.8) is 0 Å². The number of benzene rings is 1. The van der Waals surface area contributed by atoms with Crippen molar-refractivity contribution in [1.29, 1.82) is 0 Å². The first-order valence-electron chi connectivity index (χ1n) is 8.57. The summed E-state index contributed by atoms with van der Waals surface area (Å²) in [5.74, 6) is 0.197. The molecule has 4 heterocycles. The van der Waals surface area contributed by atoms with Gasteiger partial charge in [0.1, 0.15) is 12.1 Å². The highest BCUT2D eigenvalue weighted by molar-refractivity contribution is 5.83. The Morgan fingerprint density at radius 1 is 1.26 bits per heavy atom. The standard InChI is InChI=1S/C19H15FN6O/c1-11-17-16(26-19(24-11)22-10-23-26)5-7-25(18(17)27)6-4-12-9-21-15-3-2-13(20)8-14(12)15/h2-3,5,7-10,21H,4,6H2,1H3. The van der Waals surface area contributed by atoms with Gasteiger partial charge in [-0.15, -0.1) is 0 Å². The van der Waals surface area contributed by atoms with Crippen molar-refractivity contribution in [2.75, 3.05) is 0 Å². The second-order valence-electron chi connectivity index (χ2n) is 6.50. The summed E-state index contributed by atoms with van der Waals surface area (Å²) in [5, 5.41) is 5.51. The van der Waals surface area contributed by atoms with Gasteiger partial charge in [0, 0.05) is 29.8 Å². The maximum absolute atomic E-state index is 13.6. The van der Waals surface area contributed by atoms with Crippen molar-refractivity contribution in [3.05, 3.63) is 70.4 Å². The largest absolute Gasteiger partial charge is 0.361 e. The third-order valence-corrected chi connectivity index (χ3v) is 4.88. The van der Waals surface area contributed by atoms with Gasteiger partial charge < -0.3 is 9.55 Å². The molecule has 0 radical (unpaired) electrons. The zero-order valence-electron chi connectivity index (χ0n) is 14.5. The summed E-state index contributed by atoms with van der Waals surface area (Å²) in [6.45, 7) is 2.28. The molecule has 27 heavy (non-hydrogen) atoms. The van der Waals surface area contributed by atoms with Crippen LogP contribution in [0.5, 0.6) is 0 Å². The Balaban J connectivity index is 1.56. The first-order chi connectivity index (χ1) is 13.1. The second kappa shape index (κ2) is 5.73. The maximum Gasteiger partial charge on any atom is 0.261 e. The van der Waals surface area contributed by atoms with Gasteiger partial charge in [0.15, 0.2) is 0 Å². The molecule has 0 fully saturated rings. The van der Waals surface area contributed by atoms with Crippen LogP contribution in [0.15, 0.2) is 47.8 Å². The lowest BCUT2D eigenvalue weighted by Gasteiger charge is -2.09. The number of fused-ring (bicyclic) bond motifs is 4. The monoisotopic (exact) mass is 362 g/mol. The van der Waals surface area contributed by atoms with Crippen LogP contribution < -0.4 is 5.56 Å². The molecule has 0 aliphatic carbocycles. The van der Waals surface area contributed by atoms with Crippen molar-refractivity contribution in [3.8, 4) is 0 Å². The van der Waals surface area contributed by atoms with Gasteiger partial charge in [0.05, 0.1) is 16.6 Å². The average molecular weight is 362 g/mol. The normalized spacial score (nSPS) is 11.8. The summed E-state index contributed by atoms with van der Waals surface area (Å²) in [7, 11) is 0. The first-order valence-corrected chi connectivity index (χ1v) is 8.57. The van der Waals surface area contributed by atoms with Gasteiger partial charge in [-0.05, 0) is 43.2 Å². The molecule has 7 nitrogen and oxygen atoms in total. The maximum atomic E-state index is 13.6. The highest BCUT2D eigenvalue weighted by atomic mass is 19.1. The van der Waals surface area contributed by atoms with Crippen molar-refractivity contribution >= 4 is 27.6 Å². The summed E-state index contributed by atoms with van der Waals surface area (Å²) in [6.07, 6.45) is 5.64. The average Bonchev–Trinajstić information content (AvgIpc) is 3.27. The van der Waals surface area contributed by atoms with Gasteiger partial charge in [0.2, 0.25) is 0 Å². The summed E-state index contributed by atoms with van der Waals surface area (Å²) in [5.41, 5.74) is 3.04. The molecular formula is C19H15FN6O. The lowest BCUT2D eigenvalue weighted by atomic mass is 10.1. The number of hydrogen-bond acceptors (Lipinski definition) is 4. The van der Waals surface area contributed by atoms with E-state index in [4.69, 9.17) is 0 Å². The number of H-pyrrole nitrogens is 1. The number of aromatic nitrogens is 6. The third-order valence-electron chi connectivity index (χ3n) is 4.88. The number of aromatic amines is 1. The Morgan fingerprint density at radius 2 is 2.15 bits per heavy atom. The van der Waals surface area contributed by atoms with Crippen LogP contribution in [0.1, 0.15) is 11.3 Å². The van der Waals surface area contributed by atoms with Crippen LogP contribution in [0.2, 0.25) is 0 Å². The molecule has 0 aliphatic heterocycles. The van der Waals surface area contributed by atoms with Gasteiger partial charge in [-0.1, -0.05) is 0 Å². The number of hydrogen-bond donors (Lipinski definition) is 1. The van der Waals surface area contributed by atoms with Crippen LogP contribution in [0.4, 0.5) is 4.39 Å². The number of pyridine rings is 1. The minimum Gasteiger partial charge on any atom is -0.361 e. The van der Waals surface area contributed by atoms with Crippen LogP contribution in [-0.2, 0) is 13.0 Å². The van der Waals surface area contributed by atoms with Crippen molar-refractivity contribution < 1.29 is 4.39 Å². The van der Waals surface area contributed by atoms with Crippen LogP contribution in [0, 0.1) is 12.7 Å². The Kier molecular flexibility index (Phi) is 3.33. The number of halogens is 1. The van der Waals surface area contributed by atoms with Crippen molar-refractivity contribution in [2.45, 2.75) is 19.9 Å².